The van der Waals surface area contributed by atoms with E-state index in [0.29, 0.717) is 5.92 Å². The summed E-state index contributed by atoms with van der Waals surface area (Å²) in [5.41, 5.74) is 6.87. The molecule has 2 heterocycles. The SMILES string of the molecule is CCCNc1ncc(CN2CCC(CN)C2)cn1.Cl.Cl. The molecule has 1 saturated heterocycles. The quantitative estimate of drug-likeness (QED) is 0.838. The zero-order valence-electron chi connectivity index (χ0n) is 11.9. The van der Waals surface area contributed by atoms with Gasteiger partial charge in [-0.2, -0.15) is 0 Å². The second kappa shape index (κ2) is 10.2. The summed E-state index contributed by atoms with van der Waals surface area (Å²) in [6.07, 6.45) is 6.13. The zero-order valence-corrected chi connectivity index (χ0v) is 13.6. The van der Waals surface area contributed by atoms with Crippen molar-refractivity contribution in [2.75, 3.05) is 31.5 Å². The maximum absolute atomic E-state index is 5.70. The van der Waals surface area contributed by atoms with Gasteiger partial charge in [0.2, 0.25) is 5.95 Å². The van der Waals surface area contributed by atoms with E-state index in [1.54, 1.807) is 0 Å². The molecule has 20 heavy (non-hydrogen) atoms. The lowest BCUT2D eigenvalue weighted by atomic mass is 10.1. The van der Waals surface area contributed by atoms with E-state index in [1.165, 1.54) is 12.0 Å². The van der Waals surface area contributed by atoms with Crippen LogP contribution in [-0.4, -0.2) is 41.0 Å². The average molecular weight is 322 g/mol. The van der Waals surface area contributed by atoms with Crippen LogP contribution in [-0.2, 0) is 6.54 Å². The van der Waals surface area contributed by atoms with E-state index in [9.17, 15) is 0 Å². The molecule has 0 amide bonds. The molecule has 116 valence electrons. The number of halogens is 2. The summed E-state index contributed by atoms with van der Waals surface area (Å²) in [6.45, 7) is 7.02. The standard InChI is InChI=1S/C13H23N5.2ClH/c1-2-4-15-13-16-7-12(8-17-13)10-18-5-3-11(6-14)9-18;;/h7-8,11H,2-6,9-10,14H2,1H3,(H,15,16,17);2*1H. The third kappa shape index (κ3) is 5.79. The van der Waals surface area contributed by atoms with Crippen molar-refractivity contribution in [3.05, 3.63) is 18.0 Å². The van der Waals surface area contributed by atoms with Crippen molar-refractivity contribution in [1.82, 2.24) is 14.9 Å². The minimum Gasteiger partial charge on any atom is -0.354 e. The minimum absolute atomic E-state index is 0. The number of aromatic nitrogens is 2. The fraction of sp³-hybridized carbons (Fsp3) is 0.692. The van der Waals surface area contributed by atoms with Crippen molar-refractivity contribution in [1.29, 1.82) is 0 Å². The van der Waals surface area contributed by atoms with Crippen molar-refractivity contribution >= 4 is 30.8 Å². The molecular weight excluding hydrogens is 297 g/mol. The molecule has 5 nitrogen and oxygen atoms in total. The average Bonchev–Trinajstić information content (AvgIpc) is 2.86. The van der Waals surface area contributed by atoms with E-state index < -0.39 is 0 Å². The predicted molar refractivity (Wildman–Crippen MR) is 87.7 cm³/mol. The third-order valence-corrected chi connectivity index (χ3v) is 3.35. The number of rotatable bonds is 6. The molecule has 1 fully saturated rings. The van der Waals surface area contributed by atoms with Crippen molar-refractivity contribution in [2.45, 2.75) is 26.3 Å². The molecular formula is C13H25Cl2N5. The number of anilines is 1. The Balaban J connectivity index is 0.00000180. The van der Waals surface area contributed by atoms with Crippen LogP contribution in [0.2, 0.25) is 0 Å². The highest BCUT2D eigenvalue weighted by molar-refractivity contribution is 5.85. The Hall–Kier alpha value is -0.620. The van der Waals surface area contributed by atoms with Crippen molar-refractivity contribution < 1.29 is 0 Å². The lowest BCUT2D eigenvalue weighted by Crippen LogP contribution is -2.23. The van der Waals surface area contributed by atoms with Crippen LogP contribution >= 0.6 is 24.8 Å². The molecule has 3 N–H and O–H groups in total. The van der Waals surface area contributed by atoms with Crippen molar-refractivity contribution in [3.8, 4) is 0 Å². The van der Waals surface area contributed by atoms with E-state index in [2.05, 4.69) is 27.1 Å². The second-order valence-corrected chi connectivity index (χ2v) is 4.97. The van der Waals surface area contributed by atoms with Crippen LogP contribution in [0.3, 0.4) is 0 Å². The second-order valence-electron chi connectivity index (χ2n) is 4.97. The summed E-state index contributed by atoms with van der Waals surface area (Å²) in [4.78, 5) is 11.1. The van der Waals surface area contributed by atoms with Crippen molar-refractivity contribution in [3.63, 3.8) is 0 Å². The fourth-order valence-corrected chi connectivity index (χ4v) is 2.27. The molecule has 1 aliphatic rings. The molecule has 1 aromatic rings. The van der Waals surface area contributed by atoms with Gasteiger partial charge in [0.15, 0.2) is 0 Å². The van der Waals surface area contributed by atoms with Crippen LogP contribution in [0.25, 0.3) is 0 Å². The highest BCUT2D eigenvalue weighted by Crippen LogP contribution is 2.17. The largest absolute Gasteiger partial charge is 0.354 e. The van der Waals surface area contributed by atoms with E-state index >= 15 is 0 Å². The summed E-state index contributed by atoms with van der Waals surface area (Å²) in [7, 11) is 0. The first-order valence-corrected chi connectivity index (χ1v) is 6.79. The number of hydrogen-bond acceptors (Lipinski definition) is 5. The predicted octanol–water partition coefficient (Wildman–Crippen LogP) is 1.92. The molecule has 0 bridgehead atoms. The van der Waals surface area contributed by atoms with Gasteiger partial charge in [0.25, 0.3) is 0 Å². The van der Waals surface area contributed by atoms with Crippen LogP contribution in [0.1, 0.15) is 25.3 Å². The summed E-state index contributed by atoms with van der Waals surface area (Å²) in [6, 6.07) is 0. The van der Waals surface area contributed by atoms with Crippen LogP contribution in [0.15, 0.2) is 12.4 Å². The Labute approximate surface area is 133 Å². The summed E-state index contributed by atoms with van der Waals surface area (Å²) >= 11 is 0. The number of hydrogen-bond donors (Lipinski definition) is 2. The number of nitrogens with one attached hydrogen (secondary N) is 1. The van der Waals surface area contributed by atoms with Crippen LogP contribution in [0.5, 0.6) is 0 Å². The Morgan fingerprint density at radius 3 is 2.60 bits per heavy atom. The Morgan fingerprint density at radius 1 is 1.35 bits per heavy atom. The zero-order chi connectivity index (χ0) is 12.8. The normalized spacial score (nSPS) is 18.2. The van der Waals surface area contributed by atoms with Gasteiger partial charge in [-0.15, -0.1) is 24.8 Å². The lowest BCUT2D eigenvalue weighted by molar-refractivity contribution is 0.317. The van der Waals surface area contributed by atoms with E-state index in [4.69, 9.17) is 5.73 Å². The molecule has 0 aliphatic carbocycles. The molecule has 0 aromatic carbocycles. The maximum Gasteiger partial charge on any atom is 0.222 e. The Kier molecular flexibility index (Phi) is 9.84. The summed E-state index contributed by atoms with van der Waals surface area (Å²) < 4.78 is 0. The van der Waals surface area contributed by atoms with Crippen LogP contribution < -0.4 is 11.1 Å². The topological polar surface area (TPSA) is 67.1 Å². The number of nitrogens with two attached hydrogens (primary N) is 1. The lowest BCUT2D eigenvalue weighted by Gasteiger charge is -2.15. The monoisotopic (exact) mass is 321 g/mol. The molecule has 0 radical (unpaired) electrons. The van der Waals surface area contributed by atoms with Gasteiger partial charge in [-0.3, -0.25) is 4.90 Å². The highest BCUT2D eigenvalue weighted by Gasteiger charge is 2.21. The summed E-state index contributed by atoms with van der Waals surface area (Å²) in [5.74, 6) is 1.39. The highest BCUT2D eigenvalue weighted by atomic mass is 35.5. The fourth-order valence-electron chi connectivity index (χ4n) is 2.27. The molecule has 0 spiro atoms. The molecule has 1 aliphatic heterocycles. The first-order valence-electron chi connectivity index (χ1n) is 6.79. The number of likely N-dealkylation sites (tertiary alicyclic amines) is 1. The first-order chi connectivity index (χ1) is 8.81. The van der Waals surface area contributed by atoms with Gasteiger partial charge < -0.3 is 11.1 Å². The van der Waals surface area contributed by atoms with Gasteiger partial charge in [-0.25, -0.2) is 9.97 Å². The van der Waals surface area contributed by atoms with Gasteiger partial charge in [0.1, 0.15) is 0 Å². The molecule has 1 atom stereocenters. The molecule has 0 saturated carbocycles. The Morgan fingerprint density at radius 2 is 2.05 bits per heavy atom. The van der Waals surface area contributed by atoms with E-state index in [-0.39, 0.29) is 24.8 Å². The Bertz CT molecular complexity index is 360. The molecule has 2 rings (SSSR count). The minimum atomic E-state index is 0. The van der Waals surface area contributed by atoms with Crippen molar-refractivity contribution in [2.24, 2.45) is 11.7 Å². The molecule has 1 unspecified atom stereocenters. The van der Waals surface area contributed by atoms with Gasteiger partial charge in [0.05, 0.1) is 0 Å². The van der Waals surface area contributed by atoms with Gasteiger partial charge in [-0.1, -0.05) is 6.92 Å². The maximum atomic E-state index is 5.70. The summed E-state index contributed by atoms with van der Waals surface area (Å²) in [5, 5.41) is 3.18. The van der Waals surface area contributed by atoms with Gasteiger partial charge >= 0.3 is 0 Å². The third-order valence-electron chi connectivity index (χ3n) is 3.35. The molecule has 1 aromatic heterocycles. The first kappa shape index (κ1) is 19.4. The van der Waals surface area contributed by atoms with E-state index in [0.717, 1.165) is 45.1 Å². The smallest absolute Gasteiger partial charge is 0.222 e. The van der Waals surface area contributed by atoms with Crippen LogP contribution in [0, 0.1) is 5.92 Å². The van der Waals surface area contributed by atoms with E-state index in [1.807, 2.05) is 12.4 Å². The van der Waals surface area contributed by atoms with Crippen LogP contribution in [0.4, 0.5) is 5.95 Å². The molecule has 7 heteroatoms. The van der Waals surface area contributed by atoms with Gasteiger partial charge in [-0.05, 0) is 31.8 Å². The number of nitrogens with zero attached hydrogens (tertiary/aromatic N) is 3. The van der Waals surface area contributed by atoms with Gasteiger partial charge in [0, 0.05) is 37.6 Å².